The quantitative estimate of drug-likeness (QED) is 0.785. The van der Waals surface area contributed by atoms with E-state index in [0.29, 0.717) is 26.3 Å². The third-order valence-electron chi connectivity index (χ3n) is 2.86. The molecule has 0 amide bonds. The van der Waals surface area contributed by atoms with Gasteiger partial charge in [0.05, 0.1) is 20.3 Å². The highest BCUT2D eigenvalue weighted by atomic mass is 79.9. The van der Waals surface area contributed by atoms with Crippen LogP contribution in [0.25, 0.3) is 0 Å². The predicted molar refractivity (Wildman–Crippen MR) is 69.0 cm³/mol. The fourth-order valence-electron chi connectivity index (χ4n) is 1.96. The maximum absolute atomic E-state index is 11.7. The second-order valence-electron chi connectivity index (χ2n) is 4.10. The summed E-state index contributed by atoms with van der Waals surface area (Å²) in [6.45, 7) is 2.39. The van der Waals surface area contributed by atoms with Crippen LogP contribution in [-0.4, -0.2) is 48.8 Å². The largest absolute Gasteiger partial charge is 0.468 e. The van der Waals surface area contributed by atoms with E-state index in [4.69, 9.17) is 9.47 Å². The van der Waals surface area contributed by atoms with E-state index in [1.54, 1.807) is 12.4 Å². The zero-order valence-corrected chi connectivity index (χ0v) is 11.7. The molecule has 1 aromatic rings. The highest BCUT2D eigenvalue weighted by Crippen LogP contribution is 2.15. The molecule has 0 spiro atoms. The molecule has 2 heterocycles. The minimum atomic E-state index is -0.331. The maximum Gasteiger partial charge on any atom is 0.325 e. The Morgan fingerprint density at radius 2 is 2.50 bits per heavy atom. The van der Waals surface area contributed by atoms with Crippen molar-refractivity contribution in [1.29, 1.82) is 0 Å². The summed E-state index contributed by atoms with van der Waals surface area (Å²) in [5, 5.41) is 0. The van der Waals surface area contributed by atoms with Crippen LogP contribution in [0, 0.1) is 0 Å². The number of nitrogens with zero attached hydrogens (tertiary/aromatic N) is 2. The monoisotopic (exact) mass is 314 g/mol. The first-order valence-corrected chi connectivity index (χ1v) is 6.49. The zero-order valence-electron chi connectivity index (χ0n) is 10.1. The predicted octanol–water partition coefficient (Wildman–Crippen LogP) is 1.22. The van der Waals surface area contributed by atoms with Gasteiger partial charge in [-0.15, -0.1) is 0 Å². The Hall–Kier alpha value is -0.980. The van der Waals surface area contributed by atoms with Gasteiger partial charge in [-0.05, 0) is 27.6 Å². The molecule has 0 saturated carbocycles. The van der Waals surface area contributed by atoms with Crippen LogP contribution in [0.15, 0.2) is 22.9 Å². The summed E-state index contributed by atoms with van der Waals surface area (Å²) in [5.74, 6) is -0.252. The number of hydrogen-bond donors (Lipinski definition) is 0. The van der Waals surface area contributed by atoms with E-state index in [2.05, 4.69) is 25.8 Å². The van der Waals surface area contributed by atoms with Gasteiger partial charge in [-0.25, -0.2) is 0 Å². The third-order valence-corrected chi connectivity index (χ3v) is 3.29. The molecule has 1 fully saturated rings. The number of methoxy groups -OCH3 is 1. The van der Waals surface area contributed by atoms with E-state index in [1.807, 2.05) is 6.07 Å². The number of halogens is 1. The number of carbonyl (C=O) groups excluding carboxylic acids is 1. The minimum absolute atomic E-state index is 0.252. The summed E-state index contributed by atoms with van der Waals surface area (Å²) in [4.78, 5) is 17.8. The molecule has 1 aliphatic rings. The Morgan fingerprint density at radius 1 is 1.67 bits per heavy atom. The van der Waals surface area contributed by atoms with Crippen LogP contribution in [-0.2, 0) is 20.8 Å². The minimum Gasteiger partial charge on any atom is -0.468 e. The lowest BCUT2D eigenvalue weighted by Crippen LogP contribution is -2.49. The van der Waals surface area contributed by atoms with Gasteiger partial charge in [-0.2, -0.15) is 0 Å². The molecular formula is C12H15BrN2O3. The molecule has 0 aliphatic carbocycles. The summed E-state index contributed by atoms with van der Waals surface area (Å²) in [6, 6.07) is 1.67. The lowest BCUT2D eigenvalue weighted by atomic mass is 10.2. The van der Waals surface area contributed by atoms with Gasteiger partial charge in [0, 0.05) is 30.0 Å². The molecule has 1 unspecified atom stereocenters. The van der Waals surface area contributed by atoms with Gasteiger partial charge in [-0.1, -0.05) is 0 Å². The molecule has 18 heavy (non-hydrogen) atoms. The summed E-state index contributed by atoms with van der Waals surface area (Å²) in [5.41, 5.74) is 1.06. The lowest BCUT2D eigenvalue weighted by Gasteiger charge is -2.33. The number of esters is 1. The molecule has 5 nitrogen and oxygen atoms in total. The van der Waals surface area contributed by atoms with E-state index < -0.39 is 0 Å². The number of rotatable bonds is 3. The number of ether oxygens (including phenoxy) is 2. The van der Waals surface area contributed by atoms with Crippen LogP contribution in [0.2, 0.25) is 0 Å². The number of pyridine rings is 1. The van der Waals surface area contributed by atoms with Crippen molar-refractivity contribution in [3.05, 3.63) is 28.5 Å². The number of aromatic nitrogens is 1. The summed E-state index contributed by atoms with van der Waals surface area (Å²) in [7, 11) is 1.40. The standard InChI is InChI=1S/C12H15BrN2O3/c1-17-12(16)11-8-18-3-2-15(11)7-9-4-10(13)6-14-5-9/h4-6,11H,2-3,7-8H2,1H3. The molecule has 0 radical (unpaired) electrons. The molecular weight excluding hydrogens is 300 g/mol. The smallest absolute Gasteiger partial charge is 0.325 e. The Kier molecular flexibility index (Phi) is 4.68. The van der Waals surface area contributed by atoms with Crippen molar-refractivity contribution in [2.24, 2.45) is 0 Å². The molecule has 98 valence electrons. The Morgan fingerprint density at radius 3 is 3.22 bits per heavy atom. The fraction of sp³-hybridized carbons (Fsp3) is 0.500. The summed E-state index contributed by atoms with van der Waals surface area (Å²) in [6.07, 6.45) is 3.54. The van der Waals surface area contributed by atoms with E-state index in [9.17, 15) is 4.79 Å². The van der Waals surface area contributed by atoms with Crippen molar-refractivity contribution in [3.63, 3.8) is 0 Å². The zero-order chi connectivity index (χ0) is 13.0. The van der Waals surface area contributed by atoms with Crippen LogP contribution in [0.1, 0.15) is 5.56 Å². The van der Waals surface area contributed by atoms with Crippen LogP contribution in [0.4, 0.5) is 0 Å². The molecule has 1 aromatic heterocycles. The average molecular weight is 315 g/mol. The number of morpholine rings is 1. The van der Waals surface area contributed by atoms with E-state index in [0.717, 1.165) is 10.0 Å². The normalized spacial score (nSPS) is 20.7. The van der Waals surface area contributed by atoms with Gasteiger partial charge in [-0.3, -0.25) is 14.7 Å². The SMILES string of the molecule is COC(=O)C1COCCN1Cc1cncc(Br)c1. The summed E-state index contributed by atoms with van der Waals surface area (Å²) >= 11 is 3.39. The highest BCUT2D eigenvalue weighted by Gasteiger charge is 2.30. The van der Waals surface area contributed by atoms with Crippen LogP contribution in [0.3, 0.4) is 0 Å². The lowest BCUT2D eigenvalue weighted by molar-refractivity contribution is -0.153. The number of hydrogen-bond acceptors (Lipinski definition) is 5. The van der Waals surface area contributed by atoms with Crippen LogP contribution in [0.5, 0.6) is 0 Å². The van der Waals surface area contributed by atoms with Gasteiger partial charge in [0.2, 0.25) is 0 Å². The second-order valence-corrected chi connectivity index (χ2v) is 5.01. The first kappa shape index (κ1) is 13.5. The van der Waals surface area contributed by atoms with Crippen molar-refractivity contribution in [2.75, 3.05) is 26.9 Å². The number of carbonyl (C=O) groups is 1. The van der Waals surface area contributed by atoms with Crippen LogP contribution >= 0.6 is 15.9 Å². The molecule has 0 aromatic carbocycles. The van der Waals surface area contributed by atoms with Crippen molar-refractivity contribution < 1.29 is 14.3 Å². The highest BCUT2D eigenvalue weighted by molar-refractivity contribution is 9.10. The Balaban J connectivity index is 2.07. The first-order valence-electron chi connectivity index (χ1n) is 5.70. The molecule has 0 bridgehead atoms. The van der Waals surface area contributed by atoms with E-state index >= 15 is 0 Å². The van der Waals surface area contributed by atoms with E-state index in [-0.39, 0.29) is 12.0 Å². The van der Waals surface area contributed by atoms with Gasteiger partial charge >= 0.3 is 5.97 Å². The fourth-order valence-corrected chi connectivity index (χ4v) is 2.37. The molecule has 1 saturated heterocycles. The molecule has 1 atom stereocenters. The Bertz CT molecular complexity index is 428. The molecule has 0 N–H and O–H groups in total. The van der Waals surface area contributed by atoms with Crippen molar-refractivity contribution in [3.8, 4) is 0 Å². The van der Waals surface area contributed by atoms with Gasteiger partial charge in [0.15, 0.2) is 0 Å². The third kappa shape index (κ3) is 3.28. The van der Waals surface area contributed by atoms with Gasteiger partial charge < -0.3 is 9.47 Å². The molecule has 6 heteroatoms. The van der Waals surface area contributed by atoms with Crippen LogP contribution < -0.4 is 0 Å². The average Bonchev–Trinajstić information content (AvgIpc) is 2.38. The molecule has 1 aliphatic heterocycles. The van der Waals surface area contributed by atoms with E-state index in [1.165, 1.54) is 7.11 Å². The first-order chi connectivity index (χ1) is 8.70. The van der Waals surface area contributed by atoms with Crippen molar-refractivity contribution >= 4 is 21.9 Å². The maximum atomic E-state index is 11.7. The van der Waals surface area contributed by atoms with Crippen molar-refractivity contribution in [1.82, 2.24) is 9.88 Å². The van der Waals surface area contributed by atoms with Gasteiger partial charge in [0.25, 0.3) is 0 Å². The van der Waals surface area contributed by atoms with Gasteiger partial charge in [0.1, 0.15) is 6.04 Å². The summed E-state index contributed by atoms with van der Waals surface area (Å²) < 4.78 is 11.1. The molecule has 2 rings (SSSR count). The topological polar surface area (TPSA) is 51.7 Å². The Labute approximate surface area is 114 Å². The van der Waals surface area contributed by atoms with Crippen molar-refractivity contribution in [2.45, 2.75) is 12.6 Å². The second kappa shape index (κ2) is 6.26.